The fourth-order valence-corrected chi connectivity index (χ4v) is 8.83. The monoisotopic (exact) mass is 774 g/mol. The van der Waals surface area contributed by atoms with E-state index >= 15 is 0 Å². The van der Waals surface area contributed by atoms with Gasteiger partial charge in [0, 0.05) is 41.3 Å². The summed E-state index contributed by atoms with van der Waals surface area (Å²) in [6, 6.07) is 5.27. The lowest BCUT2D eigenvalue weighted by Crippen LogP contribution is -2.59. The molecule has 3 amide bonds. The Labute approximate surface area is 324 Å². The van der Waals surface area contributed by atoms with Crippen molar-refractivity contribution in [2.75, 3.05) is 19.0 Å². The molecule has 3 aromatic rings. The topological polar surface area (TPSA) is 181 Å². The van der Waals surface area contributed by atoms with Gasteiger partial charge in [-0.2, -0.15) is 0 Å². The standard InChI is InChI=1S/C40H50N6O8S/c1-8-23-17-40(23,36(49)50)45-34(47)31-15-26(18-46(31)35(48)33(39(4,5)6)44-38(51)54-25-12-21-11-22(21)13-25)53-32-16-29(30-19-55-37(43-30)41-20(2)3)42-28-14-24(52-7)9-10-27(28)32/h8-10,14,16,19-23,25-26,31,33H,1,11-13,15,17-18H2,2-7H3,(H,41,43)(H,44,51)(H,45,47)(H,49,50)/t21-,22+,23?,25+,26-,31+,33?,40-/m1/s1. The number of aromatic nitrogens is 2. The molecule has 4 aliphatic rings. The molecule has 4 fully saturated rings. The highest BCUT2D eigenvalue weighted by molar-refractivity contribution is 7.14. The molecule has 7 rings (SSSR count). The van der Waals surface area contributed by atoms with Gasteiger partial charge in [0.15, 0.2) is 5.13 Å². The maximum absolute atomic E-state index is 14.6. The summed E-state index contributed by atoms with van der Waals surface area (Å²) < 4.78 is 17.9. The second-order valence-corrected chi connectivity index (χ2v) is 17.6. The number of ether oxygens (including phenoxy) is 3. The molecule has 0 radical (unpaired) electrons. The molecule has 2 unspecified atom stereocenters. The van der Waals surface area contributed by atoms with E-state index < -0.39 is 58.9 Å². The average molecular weight is 775 g/mol. The van der Waals surface area contributed by atoms with Crippen LogP contribution in [0.3, 0.4) is 0 Å². The molecule has 1 aromatic carbocycles. The third-order valence-electron chi connectivity index (χ3n) is 11.2. The highest BCUT2D eigenvalue weighted by Gasteiger charge is 2.61. The van der Waals surface area contributed by atoms with Gasteiger partial charge in [0.05, 0.1) is 24.9 Å². The van der Waals surface area contributed by atoms with E-state index in [1.807, 2.05) is 46.1 Å². The van der Waals surface area contributed by atoms with Crippen molar-refractivity contribution in [1.82, 2.24) is 25.5 Å². The molecule has 294 valence electrons. The number of amides is 3. The van der Waals surface area contributed by atoms with Crippen molar-refractivity contribution in [3.05, 3.63) is 42.3 Å². The number of likely N-dealkylation sites (tertiary alicyclic amines) is 1. The van der Waals surface area contributed by atoms with Crippen LogP contribution in [0.5, 0.6) is 11.5 Å². The third kappa shape index (κ3) is 7.94. The molecule has 3 aliphatic carbocycles. The summed E-state index contributed by atoms with van der Waals surface area (Å²) in [6.45, 7) is 13.3. The Kier molecular flexibility index (Phi) is 10.2. The predicted molar refractivity (Wildman–Crippen MR) is 207 cm³/mol. The number of carbonyl (C=O) groups excluding carboxylic acids is 3. The van der Waals surface area contributed by atoms with Crippen molar-refractivity contribution in [2.45, 2.75) is 103 Å². The van der Waals surface area contributed by atoms with Gasteiger partial charge in [-0.3, -0.25) is 9.59 Å². The Morgan fingerprint density at radius 2 is 1.80 bits per heavy atom. The van der Waals surface area contributed by atoms with Crippen LogP contribution in [-0.2, 0) is 19.1 Å². The van der Waals surface area contributed by atoms with Crippen LogP contribution in [0.25, 0.3) is 22.3 Å². The number of thiazole rings is 1. The lowest BCUT2D eigenvalue weighted by Gasteiger charge is -2.35. The molecule has 3 saturated carbocycles. The molecule has 1 aliphatic heterocycles. The van der Waals surface area contributed by atoms with Crippen LogP contribution in [-0.4, -0.2) is 93.4 Å². The number of fused-ring (bicyclic) bond motifs is 2. The van der Waals surface area contributed by atoms with Gasteiger partial charge in [-0.05, 0) is 68.9 Å². The van der Waals surface area contributed by atoms with Crippen LogP contribution < -0.4 is 25.4 Å². The van der Waals surface area contributed by atoms with E-state index in [4.69, 9.17) is 24.2 Å². The Bertz CT molecular complexity index is 2000. The molecule has 3 heterocycles. The summed E-state index contributed by atoms with van der Waals surface area (Å²) in [7, 11) is 1.58. The van der Waals surface area contributed by atoms with Crippen LogP contribution in [0.1, 0.15) is 66.7 Å². The fourth-order valence-electron chi connectivity index (χ4n) is 7.98. The van der Waals surface area contributed by atoms with Crippen LogP contribution >= 0.6 is 11.3 Å². The lowest BCUT2D eigenvalue weighted by atomic mass is 9.85. The zero-order chi connectivity index (χ0) is 39.4. The first-order valence-electron chi connectivity index (χ1n) is 18.9. The van der Waals surface area contributed by atoms with Gasteiger partial charge in [0.2, 0.25) is 11.8 Å². The van der Waals surface area contributed by atoms with Crippen molar-refractivity contribution < 1.29 is 38.5 Å². The number of hydrogen-bond acceptors (Lipinski definition) is 11. The Morgan fingerprint density at radius 3 is 2.44 bits per heavy atom. The van der Waals surface area contributed by atoms with E-state index in [1.165, 1.54) is 28.7 Å². The van der Waals surface area contributed by atoms with E-state index in [2.05, 4.69) is 22.5 Å². The number of anilines is 1. The molecular formula is C40H50N6O8S. The van der Waals surface area contributed by atoms with Crippen molar-refractivity contribution in [3.8, 4) is 22.9 Å². The molecule has 1 saturated heterocycles. The number of carboxylic acids is 1. The average Bonchev–Trinajstić information content (AvgIpc) is 3.79. The predicted octanol–water partition coefficient (Wildman–Crippen LogP) is 5.62. The fraction of sp³-hybridized carbons (Fsp3) is 0.550. The van der Waals surface area contributed by atoms with Gasteiger partial charge in [0.25, 0.3) is 0 Å². The number of alkyl carbamates (subject to hydrolysis) is 1. The molecule has 4 N–H and O–H groups in total. The quantitative estimate of drug-likeness (QED) is 0.158. The Morgan fingerprint density at radius 1 is 1.05 bits per heavy atom. The zero-order valence-corrected chi connectivity index (χ0v) is 32.9. The summed E-state index contributed by atoms with van der Waals surface area (Å²) in [5.41, 5.74) is -0.476. The first kappa shape index (κ1) is 38.4. The Balaban J connectivity index is 1.19. The minimum absolute atomic E-state index is 0.00830. The number of carboxylic acid groups (broad SMARTS) is 1. The molecule has 0 spiro atoms. The minimum atomic E-state index is -1.51. The SMILES string of the molecule is C=CC1C[C@]1(NC(=O)[C@@H]1C[C@@H](Oc2cc(-c3csc(NC(C)C)n3)nc3cc(OC)ccc23)CN1C(=O)C(NC(=O)O[C@@H]1C[C@@H]2C[C@@H]2C1)C(C)(C)C)C(=O)O. The highest BCUT2D eigenvalue weighted by Crippen LogP contribution is 2.52. The van der Waals surface area contributed by atoms with Crippen LogP contribution in [0.15, 0.2) is 42.3 Å². The van der Waals surface area contributed by atoms with E-state index in [-0.39, 0.29) is 31.5 Å². The summed E-state index contributed by atoms with van der Waals surface area (Å²) in [6.07, 6.45) is 3.05. The van der Waals surface area contributed by atoms with Crippen LogP contribution in [0, 0.1) is 23.2 Å². The van der Waals surface area contributed by atoms with E-state index in [0.29, 0.717) is 45.6 Å². The summed E-state index contributed by atoms with van der Waals surface area (Å²) in [5.74, 6) is -0.456. The molecule has 15 heteroatoms. The normalized spacial score (nSPS) is 27.2. The number of hydrogen-bond donors (Lipinski definition) is 4. The van der Waals surface area contributed by atoms with Crippen molar-refractivity contribution in [2.24, 2.45) is 23.2 Å². The second-order valence-electron chi connectivity index (χ2n) is 16.7. The number of carbonyl (C=O) groups is 4. The molecule has 2 aromatic heterocycles. The largest absolute Gasteiger partial charge is 0.497 e. The Hall–Kier alpha value is -4.92. The summed E-state index contributed by atoms with van der Waals surface area (Å²) in [5, 5.41) is 22.3. The van der Waals surface area contributed by atoms with E-state index in [9.17, 15) is 24.3 Å². The number of aliphatic carboxylic acids is 1. The van der Waals surface area contributed by atoms with Gasteiger partial charge in [-0.1, -0.05) is 26.8 Å². The van der Waals surface area contributed by atoms with Crippen molar-refractivity contribution in [3.63, 3.8) is 0 Å². The van der Waals surface area contributed by atoms with Gasteiger partial charge in [-0.15, -0.1) is 17.9 Å². The van der Waals surface area contributed by atoms with Gasteiger partial charge >= 0.3 is 12.1 Å². The van der Waals surface area contributed by atoms with Crippen LogP contribution in [0.4, 0.5) is 9.93 Å². The third-order valence-corrected chi connectivity index (χ3v) is 11.9. The second kappa shape index (κ2) is 14.6. The maximum Gasteiger partial charge on any atom is 0.408 e. The number of nitrogens with zero attached hydrogens (tertiary/aromatic N) is 3. The summed E-state index contributed by atoms with van der Waals surface area (Å²) in [4.78, 5) is 65.4. The molecule has 0 bridgehead atoms. The zero-order valence-electron chi connectivity index (χ0n) is 32.1. The number of methoxy groups -OCH3 is 1. The maximum atomic E-state index is 14.6. The number of nitrogens with one attached hydrogen (secondary N) is 3. The first-order chi connectivity index (χ1) is 26.1. The smallest absolute Gasteiger partial charge is 0.408 e. The van der Waals surface area contributed by atoms with E-state index in [1.54, 1.807) is 25.3 Å². The van der Waals surface area contributed by atoms with Crippen LogP contribution in [0.2, 0.25) is 0 Å². The van der Waals surface area contributed by atoms with Crippen molar-refractivity contribution >= 4 is 51.2 Å². The van der Waals surface area contributed by atoms with Gasteiger partial charge < -0.3 is 40.2 Å². The van der Waals surface area contributed by atoms with Crippen molar-refractivity contribution in [1.29, 1.82) is 0 Å². The minimum Gasteiger partial charge on any atom is -0.497 e. The first-order valence-corrected chi connectivity index (χ1v) is 19.8. The highest BCUT2D eigenvalue weighted by atomic mass is 32.1. The molecule has 14 nitrogen and oxygen atoms in total. The number of pyridine rings is 1. The van der Waals surface area contributed by atoms with Gasteiger partial charge in [-0.25, -0.2) is 19.6 Å². The lowest BCUT2D eigenvalue weighted by molar-refractivity contribution is -0.146. The summed E-state index contributed by atoms with van der Waals surface area (Å²) >= 11 is 1.46. The molecular weight excluding hydrogens is 725 g/mol. The number of benzene rings is 1. The molecule has 55 heavy (non-hydrogen) atoms. The molecule has 8 atom stereocenters. The van der Waals surface area contributed by atoms with Gasteiger partial charge in [0.1, 0.15) is 47.0 Å². The number of rotatable bonds is 13. The van der Waals surface area contributed by atoms with E-state index in [0.717, 1.165) is 18.0 Å².